The number of aryl methyl sites for hydroxylation is 1. The molecule has 1 fully saturated rings. The quantitative estimate of drug-likeness (QED) is 0.833. The fourth-order valence-electron chi connectivity index (χ4n) is 2.41. The Hall–Kier alpha value is -1.42. The summed E-state index contributed by atoms with van der Waals surface area (Å²) in [5.74, 6) is -0.677. The molecule has 104 valence electrons. The third-order valence-electron chi connectivity index (χ3n) is 3.65. The Balaban J connectivity index is 1.95. The maximum atomic E-state index is 13.7. The van der Waals surface area contributed by atoms with Crippen LogP contribution in [0.25, 0.3) is 0 Å². The smallest absolute Gasteiger partial charge is 0.256 e. The van der Waals surface area contributed by atoms with Crippen molar-refractivity contribution in [2.24, 2.45) is 0 Å². The number of hydrogen-bond donors (Lipinski definition) is 0. The van der Waals surface area contributed by atoms with Gasteiger partial charge in [0, 0.05) is 20.1 Å². The van der Waals surface area contributed by atoms with Crippen molar-refractivity contribution < 1.29 is 9.18 Å². The summed E-state index contributed by atoms with van der Waals surface area (Å²) in [6.07, 6.45) is 2.48. The van der Waals surface area contributed by atoms with Crippen LogP contribution in [0.4, 0.5) is 4.39 Å². The van der Waals surface area contributed by atoms with Gasteiger partial charge in [0.2, 0.25) is 0 Å². The number of likely N-dealkylation sites (tertiary alicyclic amines) is 1. The van der Waals surface area contributed by atoms with E-state index in [0.29, 0.717) is 6.54 Å². The highest BCUT2D eigenvalue weighted by Crippen LogP contribution is 2.13. The molecule has 0 unspecified atom stereocenters. The summed E-state index contributed by atoms with van der Waals surface area (Å²) in [5.41, 5.74) is 1.07. The minimum absolute atomic E-state index is 0.170. The molecule has 0 saturated carbocycles. The second kappa shape index (κ2) is 6.15. The highest BCUT2D eigenvalue weighted by atomic mass is 19.1. The third kappa shape index (κ3) is 3.53. The summed E-state index contributed by atoms with van der Waals surface area (Å²) in [4.78, 5) is 16.1. The van der Waals surface area contributed by atoms with Crippen LogP contribution in [0, 0.1) is 12.7 Å². The molecule has 4 heteroatoms. The van der Waals surface area contributed by atoms with E-state index in [2.05, 4.69) is 4.90 Å². The average Bonchev–Trinajstić information content (AvgIpc) is 2.91. The molecule has 0 N–H and O–H groups in total. The number of carbonyl (C=O) groups excluding carboxylic acids is 1. The monoisotopic (exact) mass is 264 g/mol. The van der Waals surface area contributed by atoms with Gasteiger partial charge in [0.1, 0.15) is 5.82 Å². The van der Waals surface area contributed by atoms with Crippen molar-refractivity contribution in [2.75, 3.05) is 33.2 Å². The Bertz CT molecular complexity index is 455. The highest BCUT2D eigenvalue weighted by Gasteiger charge is 2.18. The summed E-state index contributed by atoms with van der Waals surface area (Å²) in [7, 11) is 1.74. The van der Waals surface area contributed by atoms with Crippen LogP contribution in [0.3, 0.4) is 0 Å². The Morgan fingerprint density at radius 3 is 2.74 bits per heavy atom. The maximum Gasteiger partial charge on any atom is 0.256 e. The van der Waals surface area contributed by atoms with Crippen LogP contribution in [0.15, 0.2) is 18.2 Å². The zero-order chi connectivity index (χ0) is 13.8. The molecule has 19 heavy (non-hydrogen) atoms. The zero-order valence-electron chi connectivity index (χ0n) is 11.7. The first-order chi connectivity index (χ1) is 9.08. The third-order valence-corrected chi connectivity index (χ3v) is 3.65. The molecular formula is C15H21FN2O. The molecule has 1 aliphatic heterocycles. The van der Waals surface area contributed by atoms with Gasteiger partial charge in [0.05, 0.1) is 5.56 Å². The Morgan fingerprint density at radius 2 is 2.05 bits per heavy atom. The lowest BCUT2D eigenvalue weighted by atomic mass is 10.1. The van der Waals surface area contributed by atoms with E-state index in [4.69, 9.17) is 0 Å². The first kappa shape index (κ1) is 14.0. The maximum absolute atomic E-state index is 13.7. The van der Waals surface area contributed by atoms with E-state index in [9.17, 15) is 9.18 Å². The summed E-state index contributed by atoms with van der Waals surface area (Å²) in [6.45, 7) is 5.60. The molecule has 0 radical (unpaired) electrons. The SMILES string of the molecule is Cc1ccc(F)c(C(=O)N(C)CCN2CCCC2)c1. The van der Waals surface area contributed by atoms with E-state index < -0.39 is 5.82 Å². The van der Waals surface area contributed by atoms with Crippen LogP contribution in [0.2, 0.25) is 0 Å². The first-order valence-electron chi connectivity index (χ1n) is 6.82. The number of halogens is 1. The van der Waals surface area contributed by atoms with Crippen molar-refractivity contribution in [3.8, 4) is 0 Å². The molecule has 0 aromatic heterocycles. The van der Waals surface area contributed by atoms with Crippen molar-refractivity contribution in [3.05, 3.63) is 35.1 Å². The number of nitrogens with zero attached hydrogens (tertiary/aromatic N) is 2. The fraction of sp³-hybridized carbons (Fsp3) is 0.533. The summed E-state index contributed by atoms with van der Waals surface area (Å²) < 4.78 is 13.7. The minimum atomic E-state index is -0.441. The fourth-order valence-corrected chi connectivity index (χ4v) is 2.41. The van der Waals surface area contributed by atoms with Crippen molar-refractivity contribution >= 4 is 5.91 Å². The Morgan fingerprint density at radius 1 is 1.37 bits per heavy atom. The van der Waals surface area contributed by atoms with E-state index in [1.807, 2.05) is 6.92 Å². The van der Waals surface area contributed by atoms with Gasteiger partial charge in [0.25, 0.3) is 5.91 Å². The van der Waals surface area contributed by atoms with Crippen LogP contribution < -0.4 is 0 Å². The van der Waals surface area contributed by atoms with Gasteiger partial charge in [-0.15, -0.1) is 0 Å². The molecule has 0 bridgehead atoms. The predicted molar refractivity (Wildman–Crippen MR) is 73.8 cm³/mol. The zero-order valence-corrected chi connectivity index (χ0v) is 11.7. The van der Waals surface area contributed by atoms with Gasteiger partial charge < -0.3 is 9.80 Å². The van der Waals surface area contributed by atoms with Crippen LogP contribution in [-0.2, 0) is 0 Å². The summed E-state index contributed by atoms with van der Waals surface area (Å²) in [6, 6.07) is 4.65. The van der Waals surface area contributed by atoms with Crippen molar-refractivity contribution in [1.29, 1.82) is 0 Å². The van der Waals surface area contributed by atoms with Gasteiger partial charge >= 0.3 is 0 Å². The molecule has 1 aromatic carbocycles. The molecular weight excluding hydrogens is 243 g/mol. The van der Waals surface area contributed by atoms with Gasteiger partial charge in [-0.25, -0.2) is 4.39 Å². The lowest BCUT2D eigenvalue weighted by Crippen LogP contribution is -2.35. The minimum Gasteiger partial charge on any atom is -0.340 e. The highest BCUT2D eigenvalue weighted by molar-refractivity contribution is 5.94. The van der Waals surface area contributed by atoms with Crippen molar-refractivity contribution in [1.82, 2.24) is 9.80 Å². The molecule has 1 aromatic rings. The standard InChI is InChI=1S/C15H21FN2O/c1-12-5-6-14(16)13(11-12)15(19)17(2)9-10-18-7-3-4-8-18/h5-6,11H,3-4,7-10H2,1-2H3. The van der Waals surface area contributed by atoms with E-state index in [0.717, 1.165) is 25.2 Å². The van der Waals surface area contributed by atoms with Gasteiger partial charge in [-0.05, 0) is 45.0 Å². The van der Waals surface area contributed by atoms with Crippen molar-refractivity contribution in [3.63, 3.8) is 0 Å². The van der Waals surface area contributed by atoms with E-state index in [1.165, 1.54) is 18.9 Å². The molecule has 0 atom stereocenters. The molecule has 2 rings (SSSR count). The van der Waals surface area contributed by atoms with Gasteiger partial charge in [-0.2, -0.15) is 0 Å². The average molecular weight is 264 g/mol. The number of benzene rings is 1. The molecule has 1 amide bonds. The van der Waals surface area contributed by atoms with Crippen LogP contribution >= 0.6 is 0 Å². The van der Waals surface area contributed by atoms with E-state index in [1.54, 1.807) is 24.1 Å². The number of amides is 1. The van der Waals surface area contributed by atoms with E-state index in [-0.39, 0.29) is 11.5 Å². The molecule has 1 saturated heterocycles. The first-order valence-corrected chi connectivity index (χ1v) is 6.82. The molecule has 1 aliphatic rings. The molecule has 0 spiro atoms. The van der Waals surface area contributed by atoms with Crippen molar-refractivity contribution in [2.45, 2.75) is 19.8 Å². The van der Waals surface area contributed by atoms with Crippen LogP contribution in [-0.4, -0.2) is 48.9 Å². The predicted octanol–water partition coefficient (Wildman–Crippen LogP) is 2.30. The summed E-state index contributed by atoms with van der Waals surface area (Å²) in [5, 5.41) is 0. The number of hydrogen-bond acceptors (Lipinski definition) is 2. The van der Waals surface area contributed by atoms with Crippen LogP contribution in [0.5, 0.6) is 0 Å². The second-order valence-corrected chi connectivity index (χ2v) is 5.26. The van der Waals surface area contributed by atoms with E-state index >= 15 is 0 Å². The number of carbonyl (C=O) groups is 1. The van der Waals surface area contributed by atoms with Gasteiger partial charge in [0.15, 0.2) is 0 Å². The normalized spacial score (nSPS) is 15.7. The Kier molecular flexibility index (Phi) is 4.53. The molecule has 1 heterocycles. The second-order valence-electron chi connectivity index (χ2n) is 5.26. The largest absolute Gasteiger partial charge is 0.340 e. The molecule has 0 aliphatic carbocycles. The lowest BCUT2D eigenvalue weighted by molar-refractivity contribution is 0.0777. The number of likely N-dealkylation sites (N-methyl/N-ethyl adjacent to an activating group) is 1. The van der Waals surface area contributed by atoms with Crippen LogP contribution in [0.1, 0.15) is 28.8 Å². The topological polar surface area (TPSA) is 23.6 Å². The summed E-state index contributed by atoms with van der Waals surface area (Å²) >= 11 is 0. The number of rotatable bonds is 4. The lowest BCUT2D eigenvalue weighted by Gasteiger charge is -2.21. The van der Waals surface area contributed by atoms with Gasteiger partial charge in [-0.1, -0.05) is 11.6 Å². The van der Waals surface area contributed by atoms with Gasteiger partial charge in [-0.3, -0.25) is 4.79 Å². The molecule has 3 nitrogen and oxygen atoms in total. The Labute approximate surface area is 114 Å².